The highest BCUT2D eigenvalue weighted by Gasteiger charge is 2.09. The molecule has 1 N–H and O–H groups in total. The predicted octanol–water partition coefficient (Wildman–Crippen LogP) is -0.710. The number of carbonyl (C=O) groups is 1. The van der Waals surface area contributed by atoms with E-state index in [4.69, 9.17) is 0 Å². The molecule has 0 amide bonds. The van der Waals surface area contributed by atoms with Crippen molar-refractivity contribution >= 4 is 6.09 Å². The normalized spacial score (nSPS) is 9.69. The highest BCUT2D eigenvalue weighted by molar-refractivity contribution is 5.69. The zero-order valence-corrected chi connectivity index (χ0v) is 6.54. The van der Waals surface area contributed by atoms with Gasteiger partial charge in [-0.1, -0.05) is 0 Å². The van der Waals surface area contributed by atoms with Crippen LogP contribution in [0.3, 0.4) is 0 Å². The van der Waals surface area contributed by atoms with Crippen LogP contribution in [-0.2, 0) is 4.74 Å². The van der Waals surface area contributed by atoms with Gasteiger partial charge in [0.15, 0.2) is 0 Å². The average Bonchev–Trinajstić information content (AvgIpc) is 2.10. The molecule has 6 nitrogen and oxygen atoms in total. The number of aromatic nitrogens is 2. The Labute approximate surface area is 70.6 Å². The molecule has 1 heterocycles. The second-order valence-electron chi connectivity index (χ2n) is 2.08. The van der Waals surface area contributed by atoms with Crippen molar-refractivity contribution in [1.82, 2.24) is 9.55 Å². The average molecular weight is 188 g/mol. The number of carbonyl (C=O) groups excluding carboxylic acids is 1. The van der Waals surface area contributed by atoms with Crippen LogP contribution in [0.2, 0.25) is 0 Å². The third kappa shape index (κ3) is 1.63. The molecule has 0 aliphatic carbocycles. The summed E-state index contributed by atoms with van der Waals surface area (Å²) in [4.78, 5) is 33.7. The third-order valence-corrected chi connectivity index (χ3v) is 1.27. The minimum absolute atomic E-state index is 0.316. The lowest BCUT2D eigenvalue weighted by molar-refractivity contribution is 0.171. The van der Waals surface area contributed by atoms with Crippen molar-refractivity contribution in [2.24, 2.45) is 0 Å². The van der Waals surface area contributed by atoms with Crippen LogP contribution in [0.4, 0.5) is 9.18 Å². The Morgan fingerprint density at radius 3 is 2.77 bits per heavy atom. The molecule has 13 heavy (non-hydrogen) atoms. The van der Waals surface area contributed by atoms with Gasteiger partial charge in [0.05, 0.1) is 13.3 Å². The standard InChI is InChI=1S/C6H5FN2O4/c1-13-6(12)9-2-3(7)4(10)8-5(9)11/h2H,1H3,(H,8,10,11). The van der Waals surface area contributed by atoms with E-state index >= 15 is 0 Å². The van der Waals surface area contributed by atoms with Gasteiger partial charge >= 0.3 is 11.8 Å². The quantitative estimate of drug-likeness (QED) is 0.583. The van der Waals surface area contributed by atoms with E-state index in [9.17, 15) is 18.8 Å². The minimum Gasteiger partial charge on any atom is -0.452 e. The number of aromatic amines is 1. The molecular formula is C6H5FN2O4. The Kier molecular flexibility index (Phi) is 2.27. The monoisotopic (exact) mass is 188 g/mol. The topological polar surface area (TPSA) is 81.2 Å². The number of halogens is 1. The highest BCUT2D eigenvalue weighted by Crippen LogP contribution is 1.85. The maximum Gasteiger partial charge on any atom is 0.422 e. The summed E-state index contributed by atoms with van der Waals surface area (Å²) in [7, 11) is 1.03. The van der Waals surface area contributed by atoms with Crippen LogP contribution in [-0.4, -0.2) is 22.8 Å². The molecule has 0 saturated carbocycles. The van der Waals surface area contributed by atoms with E-state index < -0.39 is 23.2 Å². The van der Waals surface area contributed by atoms with Crippen molar-refractivity contribution < 1.29 is 13.9 Å². The summed E-state index contributed by atoms with van der Waals surface area (Å²) in [6, 6.07) is 0. The number of hydrogen-bond donors (Lipinski definition) is 1. The first-order valence-corrected chi connectivity index (χ1v) is 3.16. The summed E-state index contributed by atoms with van der Waals surface area (Å²) >= 11 is 0. The van der Waals surface area contributed by atoms with E-state index in [1.165, 1.54) is 0 Å². The predicted molar refractivity (Wildman–Crippen MR) is 39.1 cm³/mol. The lowest BCUT2D eigenvalue weighted by Gasteiger charge is -1.99. The molecule has 0 radical (unpaired) electrons. The van der Waals surface area contributed by atoms with Crippen molar-refractivity contribution in [3.05, 3.63) is 32.9 Å². The van der Waals surface area contributed by atoms with Gasteiger partial charge in [0, 0.05) is 0 Å². The first kappa shape index (κ1) is 9.17. The fourth-order valence-corrected chi connectivity index (χ4v) is 0.682. The van der Waals surface area contributed by atoms with Crippen molar-refractivity contribution in [3.8, 4) is 0 Å². The Bertz CT molecular complexity index is 447. The first-order chi connectivity index (χ1) is 6.06. The summed E-state index contributed by atoms with van der Waals surface area (Å²) < 4.78 is 17.0. The summed E-state index contributed by atoms with van der Waals surface area (Å²) in [5.41, 5.74) is -2.22. The van der Waals surface area contributed by atoms with Crippen LogP contribution < -0.4 is 11.2 Å². The molecule has 0 aliphatic heterocycles. The van der Waals surface area contributed by atoms with E-state index in [2.05, 4.69) is 4.74 Å². The van der Waals surface area contributed by atoms with Crippen molar-refractivity contribution in [2.45, 2.75) is 0 Å². The summed E-state index contributed by atoms with van der Waals surface area (Å²) in [6.45, 7) is 0. The van der Waals surface area contributed by atoms with E-state index in [0.29, 0.717) is 10.8 Å². The molecule has 0 unspecified atom stereocenters. The fourth-order valence-electron chi connectivity index (χ4n) is 0.682. The maximum absolute atomic E-state index is 12.5. The summed E-state index contributed by atoms with van der Waals surface area (Å²) in [6.07, 6.45) is -0.604. The number of rotatable bonds is 0. The van der Waals surface area contributed by atoms with Gasteiger partial charge < -0.3 is 4.74 Å². The van der Waals surface area contributed by atoms with Gasteiger partial charge in [-0.2, -0.15) is 4.39 Å². The van der Waals surface area contributed by atoms with Crippen molar-refractivity contribution in [2.75, 3.05) is 7.11 Å². The molecule has 70 valence electrons. The highest BCUT2D eigenvalue weighted by atomic mass is 19.1. The molecule has 0 saturated heterocycles. The zero-order chi connectivity index (χ0) is 10.0. The summed E-state index contributed by atoms with van der Waals surface area (Å²) in [5, 5.41) is 0. The van der Waals surface area contributed by atoms with E-state index in [1.807, 2.05) is 0 Å². The molecule has 0 aromatic carbocycles. The zero-order valence-electron chi connectivity index (χ0n) is 6.54. The van der Waals surface area contributed by atoms with Crippen molar-refractivity contribution in [1.29, 1.82) is 0 Å². The van der Waals surface area contributed by atoms with Crippen LogP contribution in [0.25, 0.3) is 0 Å². The van der Waals surface area contributed by atoms with Crippen LogP contribution in [0.15, 0.2) is 15.8 Å². The van der Waals surface area contributed by atoms with Gasteiger partial charge in [-0.3, -0.25) is 9.78 Å². The molecule has 1 aromatic rings. The van der Waals surface area contributed by atoms with E-state index in [1.54, 1.807) is 4.98 Å². The first-order valence-electron chi connectivity index (χ1n) is 3.16. The lowest BCUT2D eigenvalue weighted by atomic mass is 10.6. The number of nitrogens with zero attached hydrogens (tertiary/aromatic N) is 1. The number of ether oxygens (including phenoxy) is 1. The Morgan fingerprint density at radius 1 is 1.62 bits per heavy atom. The fraction of sp³-hybridized carbons (Fsp3) is 0.167. The Morgan fingerprint density at radius 2 is 2.23 bits per heavy atom. The van der Waals surface area contributed by atoms with Crippen LogP contribution in [0.5, 0.6) is 0 Å². The number of H-pyrrole nitrogens is 1. The molecule has 0 bridgehead atoms. The molecule has 1 aromatic heterocycles. The molecule has 0 aliphatic rings. The lowest BCUT2D eigenvalue weighted by Crippen LogP contribution is -2.35. The van der Waals surface area contributed by atoms with Gasteiger partial charge in [-0.15, -0.1) is 0 Å². The van der Waals surface area contributed by atoms with Gasteiger partial charge in [-0.25, -0.2) is 14.2 Å². The summed E-state index contributed by atoms with van der Waals surface area (Å²) in [5.74, 6) is -1.23. The molecular weight excluding hydrogens is 183 g/mol. The number of nitrogens with one attached hydrogen (secondary N) is 1. The third-order valence-electron chi connectivity index (χ3n) is 1.27. The molecule has 7 heteroatoms. The van der Waals surface area contributed by atoms with E-state index in [0.717, 1.165) is 7.11 Å². The van der Waals surface area contributed by atoms with Crippen LogP contribution in [0.1, 0.15) is 0 Å². The number of hydrogen-bond acceptors (Lipinski definition) is 4. The largest absolute Gasteiger partial charge is 0.452 e. The van der Waals surface area contributed by atoms with Crippen molar-refractivity contribution in [3.63, 3.8) is 0 Å². The van der Waals surface area contributed by atoms with Gasteiger partial charge in [0.25, 0.3) is 5.56 Å². The SMILES string of the molecule is COC(=O)n1cc(F)c(=O)[nH]c1=O. The number of methoxy groups -OCH3 is 1. The van der Waals surface area contributed by atoms with Gasteiger partial charge in [-0.05, 0) is 0 Å². The maximum atomic E-state index is 12.5. The molecule has 0 atom stereocenters. The van der Waals surface area contributed by atoms with Gasteiger partial charge in [0.2, 0.25) is 5.82 Å². The minimum atomic E-state index is -1.23. The molecule has 1 rings (SSSR count). The second kappa shape index (κ2) is 3.21. The van der Waals surface area contributed by atoms with E-state index in [-0.39, 0.29) is 0 Å². The molecule has 0 fully saturated rings. The molecule has 0 spiro atoms. The van der Waals surface area contributed by atoms with Crippen LogP contribution >= 0.6 is 0 Å². The Balaban J connectivity index is 3.41. The second-order valence-corrected chi connectivity index (χ2v) is 2.08. The smallest absolute Gasteiger partial charge is 0.422 e. The van der Waals surface area contributed by atoms with Crippen LogP contribution in [0, 0.1) is 5.82 Å². The van der Waals surface area contributed by atoms with Gasteiger partial charge in [0.1, 0.15) is 0 Å². The Hall–Kier alpha value is -1.92.